The highest BCUT2D eigenvalue weighted by atomic mass is 16.5. The van der Waals surface area contributed by atoms with E-state index in [1.165, 1.54) is 0 Å². The van der Waals surface area contributed by atoms with E-state index in [9.17, 15) is 0 Å². The number of hydrogen-bond donors (Lipinski definition) is 2. The van der Waals surface area contributed by atoms with Crippen molar-refractivity contribution in [3.63, 3.8) is 0 Å². The quantitative estimate of drug-likeness (QED) is 0.706. The predicted octanol–water partition coefficient (Wildman–Crippen LogP) is 2.24. The van der Waals surface area contributed by atoms with Crippen LogP contribution in [-0.2, 0) is 0 Å². The van der Waals surface area contributed by atoms with Gasteiger partial charge in [0.15, 0.2) is 0 Å². The normalized spacial score (nSPS) is 19.4. The molecule has 0 amide bonds. The van der Waals surface area contributed by atoms with E-state index in [4.69, 9.17) is 10.5 Å². The Morgan fingerprint density at radius 3 is 3.21 bits per heavy atom. The highest BCUT2D eigenvalue weighted by molar-refractivity contribution is 5.64. The van der Waals surface area contributed by atoms with Gasteiger partial charge in [-0.15, -0.1) is 0 Å². The lowest BCUT2D eigenvalue weighted by atomic mass is 10.1. The van der Waals surface area contributed by atoms with Gasteiger partial charge in [-0.3, -0.25) is 0 Å². The Labute approximate surface area is 84.3 Å². The van der Waals surface area contributed by atoms with Crippen LogP contribution in [0.5, 0.6) is 5.75 Å². The third-order valence-electron chi connectivity index (χ3n) is 2.43. The van der Waals surface area contributed by atoms with Crippen molar-refractivity contribution in [1.82, 2.24) is 0 Å². The van der Waals surface area contributed by atoms with Crippen molar-refractivity contribution in [1.29, 1.82) is 0 Å². The molecule has 0 aliphatic carbocycles. The maximum atomic E-state index is 5.81. The molecule has 3 nitrogen and oxygen atoms in total. The topological polar surface area (TPSA) is 47.3 Å². The second-order valence-electron chi connectivity index (χ2n) is 3.67. The summed E-state index contributed by atoms with van der Waals surface area (Å²) in [5.41, 5.74) is 7.46. The number of hydrogen-bond acceptors (Lipinski definition) is 3. The molecule has 14 heavy (non-hydrogen) atoms. The molecule has 76 valence electrons. The van der Waals surface area contributed by atoms with Crippen LogP contribution < -0.4 is 15.8 Å². The van der Waals surface area contributed by atoms with Crippen LogP contribution in [0.15, 0.2) is 18.2 Å². The van der Waals surface area contributed by atoms with E-state index in [2.05, 4.69) is 12.2 Å². The smallest absolute Gasteiger partial charge is 0.143 e. The van der Waals surface area contributed by atoms with E-state index in [1.807, 2.05) is 18.2 Å². The number of nitrogens with two attached hydrogens (primary N) is 1. The first-order valence-electron chi connectivity index (χ1n) is 5.09. The highest BCUT2D eigenvalue weighted by Gasteiger charge is 2.17. The van der Waals surface area contributed by atoms with E-state index >= 15 is 0 Å². The van der Waals surface area contributed by atoms with Crippen LogP contribution in [-0.4, -0.2) is 12.6 Å². The molecule has 0 saturated carbocycles. The van der Waals surface area contributed by atoms with Gasteiger partial charge in [-0.05, 0) is 24.6 Å². The molecule has 3 N–H and O–H groups in total. The Balaban J connectivity index is 2.15. The molecule has 1 heterocycles. The van der Waals surface area contributed by atoms with Crippen molar-refractivity contribution in [2.24, 2.45) is 0 Å². The van der Waals surface area contributed by atoms with Crippen molar-refractivity contribution in [2.75, 3.05) is 17.6 Å². The molecule has 0 saturated heterocycles. The second kappa shape index (κ2) is 3.78. The molecule has 1 unspecified atom stereocenters. The minimum Gasteiger partial charge on any atom is -0.486 e. The first-order valence-corrected chi connectivity index (χ1v) is 5.09. The van der Waals surface area contributed by atoms with Crippen molar-refractivity contribution >= 4 is 11.4 Å². The van der Waals surface area contributed by atoms with E-state index in [0.29, 0.717) is 6.10 Å². The molecule has 0 bridgehead atoms. The van der Waals surface area contributed by atoms with Gasteiger partial charge in [0.05, 0.1) is 12.2 Å². The zero-order chi connectivity index (χ0) is 9.97. The molecule has 0 aromatic heterocycles. The van der Waals surface area contributed by atoms with Crippen LogP contribution in [0.4, 0.5) is 11.4 Å². The second-order valence-corrected chi connectivity index (χ2v) is 3.67. The number of fused-ring (bicyclic) bond motifs is 1. The third-order valence-corrected chi connectivity index (χ3v) is 2.43. The van der Waals surface area contributed by atoms with E-state index in [-0.39, 0.29) is 0 Å². The van der Waals surface area contributed by atoms with Crippen molar-refractivity contribution in [3.05, 3.63) is 18.2 Å². The minimum absolute atomic E-state index is 0.302. The van der Waals surface area contributed by atoms with Gasteiger partial charge in [0, 0.05) is 5.69 Å². The summed E-state index contributed by atoms with van der Waals surface area (Å²) in [7, 11) is 0. The monoisotopic (exact) mass is 192 g/mol. The Hall–Kier alpha value is -1.38. The lowest BCUT2D eigenvalue weighted by molar-refractivity contribution is 0.194. The molecule has 1 aliphatic heterocycles. The number of nitrogens with one attached hydrogen (secondary N) is 1. The molecular weight excluding hydrogens is 176 g/mol. The lowest BCUT2D eigenvalue weighted by Gasteiger charge is -2.27. The first-order chi connectivity index (χ1) is 6.79. The SMILES string of the molecule is CCCC1CNc2cc(N)ccc2O1. The van der Waals surface area contributed by atoms with Crippen LogP contribution in [0.2, 0.25) is 0 Å². The summed E-state index contributed by atoms with van der Waals surface area (Å²) < 4.78 is 5.81. The van der Waals surface area contributed by atoms with E-state index in [0.717, 1.165) is 36.5 Å². The highest BCUT2D eigenvalue weighted by Crippen LogP contribution is 2.31. The number of benzene rings is 1. The standard InChI is InChI=1S/C11H16N2O/c1-2-3-9-7-13-10-6-8(12)4-5-11(10)14-9/h4-6,9,13H,2-3,7,12H2,1H3. The summed E-state index contributed by atoms with van der Waals surface area (Å²) in [6.45, 7) is 3.05. The Morgan fingerprint density at radius 2 is 2.43 bits per heavy atom. The zero-order valence-electron chi connectivity index (χ0n) is 8.42. The van der Waals surface area contributed by atoms with Gasteiger partial charge < -0.3 is 15.8 Å². The van der Waals surface area contributed by atoms with Gasteiger partial charge in [0.2, 0.25) is 0 Å². The van der Waals surface area contributed by atoms with Crippen LogP contribution in [0.3, 0.4) is 0 Å². The van der Waals surface area contributed by atoms with Gasteiger partial charge >= 0.3 is 0 Å². The number of anilines is 2. The fraction of sp³-hybridized carbons (Fsp3) is 0.455. The predicted molar refractivity (Wildman–Crippen MR) is 58.7 cm³/mol. The van der Waals surface area contributed by atoms with Gasteiger partial charge in [-0.2, -0.15) is 0 Å². The summed E-state index contributed by atoms with van der Waals surface area (Å²) in [6.07, 6.45) is 2.55. The zero-order valence-corrected chi connectivity index (χ0v) is 8.42. The number of nitrogen functional groups attached to an aromatic ring is 1. The number of rotatable bonds is 2. The van der Waals surface area contributed by atoms with Crippen molar-refractivity contribution in [3.8, 4) is 5.75 Å². The Morgan fingerprint density at radius 1 is 1.57 bits per heavy atom. The summed E-state index contributed by atoms with van der Waals surface area (Å²) >= 11 is 0. The van der Waals surface area contributed by atoms with E-state index in [1.54, 1.807) is 0 Å². The van der Waals surface area contributed by atoms with Crippen LogP contribution >= 0.6 is 0 Å². The molecule has 1 aromatic rings. The van der Waals surface area contributed by atoms with Crippen LogP contribution in [0.1, 0.15) is 19.8 Å². The third kappa shape index (κ3) is 1.76. The molecule has 0 fully saturated rings. The molecule has 0 radical (unpaired) electrons. The fourth-order valence-electron chi connectivity index (χ4n) is 1.72. The molecule has 2 rings (SSSR count). The van der Waals surface area contributed by atoms with Gasteiger partial charge in [-0.25, -0.2) is 0 Å². The van der Waals surface area contributed by atoms with Gasteiger partial charge in [0.25, 0.3) is 0 Å². The van der Waals surface area contributed by atoms with Gasteiger partial charge in [-0.1, -0.05) is 13.3 Å². The molecule has 3 heteroatoms. The number of ether oxygens (including phenoxy) is 1. The van der Waals surface area contributed by atoms with Crippen molar-refractivity contribution in [2.45, 2.75) is 25.9 Å². The lowest BCUT2D eigenvalue weighted by Crippen LogP contribution is -2.30. The average molecular weight is 192 g/mol. The van der Waals surface area contributed by atoms with Gasteiger partial charge in [0.1, 0.15) is 11.9 Å². The maximum Gasteiger partial charge on any atom is 0.143 e. The molecule has 1 aromatic carbocycles. The summed E-state index contributed by atoms with van der Waals surface area (Å²) in [5.74, 6) is 0.920. The van der Waals surface area contributed by atoms with Crippen LogP contribution in [0.25, 0.3) is 0 Å². The Bertz CT molecular complexity index is 325. The van der Waals surface area contributed by atoms with Crippen molar-refractivity contribution < 1.29 is 4.74 Å². The summed E-state index contributed by atoms with van der Waals surface area (Å²) in [6, 6.07) is 5.71. The first kappa shape index (κ1) is 9.19. The van der Waals surface area contributed by atoms with Crippen LogP contribution in [0, 0.1) is 0 Å². The van der Waals surface area contributed by atoms with E-state index < -0.39 is 0 Å². The average Bonchev–Trinajstić information content (AvgIpc) is 2.19. The molecule has 1 aliphatic rings. The Kier molecular flexibility index (Phi) is 2.48. The molecular formula is C11H16N2O. The molecule has 0 spiro atoms. The minimum atomic E-state index is 0.302. The maximum absolute atomic E-state index is 5.81. The summed E-state index contributed by atoms with van der Waals surface area (Å²) in [4.78, 5) is 0. The fourth-order valence-corrected chi connectivity index (χ4v) is 1.72. The molecule has 1 atom stereocenters. The summed E-state index contributed by atoms with van der Waals surface area (Å²) in [5, 5.41) is 3.33. The largest absolute Gasteiger partial charge is 0.486 e.